The molecule has 4 atom stereocenters. The fraction of sp³-hybridized carbons (Fsp3) is 0.273. The first-order valence-electron chi connectivity index (χ1n) is 31.5. The maximum Gasteiger partial charge on any atom is 2.00 e. The van der Waals surface area contributed by atoms with E-state index in [0.717, 1.165) is 0 Å². The van der Waals surface area contributed by atoms with Gasteiger partial charge in [0.15, 0.2) is 0 Å². The summed E-state index contributed by atoms with van der Waals surface area (Å²) in [7, 11) is 0. The van der Waals surface area contributed by atoms with Crippen LogP contribution in [0.3, 0.4) is 0 Å². The zero-order chi connectivity index (χ0) is 67.7. The molecule has 0 bridgehead atoms. The number of anilines is 2. The Morgan fingerprint density at radius 3 is 1.12 bits per heavy atom. The van der Waals surface area contributed by atoms with Crippen LogP contribution in [0.2, 0.25) is 0 Å². The molecule has 0 aliphatic rings. The molecule has 2 amide bonds. The average Bonchev–Trinajstić information content (AvgIpc) is 1.60. The normalized spacial score (nSPS) is 14.3. The Balaban J connectivity index is 0.000000292. The molecule has 6 N–H and O–H groups in total. The van der Waals surface area contributed by atoms with Crippen LogP contribution in [0.1, 0.15) is 124 Å². The molecule has 0 saturated heterocycles. The third kappa shape index (κ3) is 17.4. The van der Waals surface area contributed by atoms with Crippen molar-refractivity contribution in [2.24, 2.45) is 0 Å². The first-order valence-corrected chi connectivity index (χ1v) is 26.5. The number of aliphatic hydroxyl groups excluding tert-OH is 4. The van der Waals surface area contributed by atoms with Gasteiger partial charge in [-0.3, -0.25) is 9.59 Å². The number of halogens is 2. The summed E-state index contributed by atoms with van der Waals surface area (Å²) in [5.74, 6) is -6.06. The number of amides is 2. The SMILES string of the molecule is [2H]c1c([2H])c([2H])c(-c2c(C(=O)Nc3ccccc3)c(C(C)C)n(CC[C@@H](O)C[C@@H](O)CC(=O)[O-])c2-c2ccc(F)cc2)c([2H])c1[2H].[2H]c1c([2H])c([2H])c(-c2c(C(=O)Nc3ccccc3)c(C(C)C)n(CC[C@@H](O)C[C@@H](O)CC(=O)[O-])c2-c2ccc(F)cc2)c([2H])c1[2H].[Ca+2]. The number of hydrogen-bond donors (Lipinski definition) is 6. The summed E-state index contributed by atoms with van der Waals surface area (Å²) in [6.07, 6.45) is -6.99. The number of carboxylic acids is 2. The van der Waals surface area contributed by atoms with Crippen LogP contribution in [0.25, 0.3) is 44.8 Å². The van der Waals surface area contributed by atoms with Gasteiger partial charge >= 0.3 is 37.7 Å². The van der Waals surface area contributed by atoms with Gasteiger partial charge in [0.25, 0.3) is 11.8 Å². The van der Waals surface area contributed by atoms with E-state index in [-0.39, 0.29) is 121 Å². The van der Waals surface area contributed by atoms with Crippen molar-refractivity contribution < 1.29 is 72.3 Å². The van der Waals surface area contributed by atoms with Gasteiger partial charge in [0, 0.05) is 71.8 Å². The van der Waals surface area contributed by atoms with Gasteiger partial charge in [-0.2, -0.15) is 0 Å². The van der Waals surface area contributed by atoms with E-state index in [4.69, 9.17) is 13.7 Å². The second-order valence-electron chi connectivity index (χ2n) is 20.1. The first-order chi connectivity index (χ1) is 43.4. The Bertz CT molecular complexity index is 3700. The Labute approximate surface area is 526 Å². The zero-order valence-corrected chi connectivity index (χ0v) is 48.3. The van der Waals surface area contributed by atoms with E-state index in [0.29, 0.717) is 33.9 Å². The molecule has 14 nitrogen and oxygen atoms in total. The second kappa shape index (κ2) is 30.9. The molecule has 8 rings (SSSR count). The van der Waals surface area contributed by atoms with Crippen molar-refractivity contribution in [2.45, 2.75) is 116 Å². The van der Waals surface area contributed by atoms with Crippen LogP contribution in [0.15, 0.2) is 170 Å². The molecule has 0 unspecified atom stereocenters. The van der Waals surface area contributed by atoms with E-state index >= 15 is 0 Å². The summed E-state index contributed by atoms with van der Waals surface area (Å²) in [6.45, 7) is 7.25. The van der Waals surface area contributed by atoms with Crippen molar-refractivity contribution in [3.05, 3.63) is 204 Å². The Hall–Kier alpha value is -7.28. The molecule has 0 spiro atoms. The van der Waals surface area contributed by atoms with Gasteiger partial charge in [0.05, 0.1) is 60.6 Å². The number of aliphatic carboxylic acids is 2. The van der Waals surface area contributed by atoms with Gasteiger partial charge < -0.3 is 60.0 Å². The number of nitrogens with one attached hydrogen (secondary N) is 2. The molecule has 8 aromatic rings. The maximum atomic E-state index is 14.2. The van der Waals surface area contributed by atoms with Crippen molar-refractivity contribution in [1.29, 1.82) is 0 Å². The van der Waals surface area contributed by atoms with Crippen molar-refractivity contribution in [3.8, 4) is 44.8 Å². The molecule has 0 aliphatic heterocycles. The average molecular weight is 1170 g/mol. The number of rotatable bonds is 24. The van der Waals surface area contributed by atoms with Crippen molar-refractivity contribution in [1.82, 2.24) is 9.13 Å². The van der Waals surface area contributed by atoms with Crippen LogP contribution >= 0.6 is 0 Å². The van der Waals surface area contributed by atoms with Crippen LogP contribution in [-0.2, 0) is 22.7 Å². The summed E-state index contributed by atoms with van der Waals surface area (Å²) in [6, 6.07) is 21.9. The molecular weight excluding hydrogens is 1090 g/mol. The predicted octanol–water partition coefficient (Wildman–Crippen LogP) is 9.58. The Kier molecular flexibility index (Phi) is 19.1. The van der Waals surface area contributed by atoms with E-state index in [1.54, 1.807) is 69.8 Å². The molecule has 83 heavy (non-hydrogen) atoms. The van der Waals surface area contributed by atoms with E-state index < -0.39 is 145 Å². The van der Waals surface area contributed by atoms with Crippen LogP contribution < -0.4 is 20.8 Å². The van der Waals surface area contributed by atoms with Gasteiger partial charge in [-0.05, 0) is 133 Å². The molecule has 2 aromatic heterocycles. The summed E-state index contributed by atoms with van der Waals surface area (Å²) in [4.78, 5) is 50.3. The molecule has 0 aliphatic carbocycles. The summed E-state index contributed by atoms with van der Waals surface area (Å²) >= 11 is 0. The van der Waals surface area contributed by atoms with Crippen LogP contribution in [0, 0.1) is 11.6 Å². The van der Waals surface area contributed by atoms with Crippen molar-refractivity contribution in [2.75, 3.05) is 10.6 Å². The van der Waals surface area contributed by atoms with Crippen LogP contribution in [0.5, 0.6) is 0 Å². The van der Waals surface area contributed by atoms with E-state index in [9.17, 15) is 58.6 Å². The van der Waals surface area contributed by atoms with Gasteiger partial charge in [-0.1, -0.05) is 125 Å². The summed E-state index contributed by atoms with van der Waals surface area (Å²) in [5, 5.41) is 69.2. The number of aliphatic hydroxyl groups is 4. The minimum atomic E-state index is -1.47. The van der Waals surface area contributed by atoms with E-state index in [2.05, 4.69) is 10.6 Å². The number of carbonyl (C=O) groups is 4. The number of carbonyl (C=O) groups excluding carboxylic acids is 4. The molecule has 0 saturated carbocycles. The van der Waals surface area contributed by atoms with Crippen LogP contribution in [-0.4, -0.2) is 115 Å². The first kappa shape index (κ1) is 51.4. The zero-order valence-electron chi connectivity index (χ0n) is 56.1. The number of hydrogen-bond acceptors (Lipinski definition) is 10. The topological polar surface area (TPSA) is 229 Å². The van der Waals surface area contributed by atoms with E-state index in [1.807, 2.05) is 27.7 Å². The second-order valence-corrected chi connectivity index (χ2v) is 20.1. The number of nitrogens with zero attached hydrogens (tertiary/aromatic N) is 2. The van der Waals surface area contributed by atoms with Gasteiger partial charge in [-0.15, -0.1) is 0 Å². The molecule has 2 heterocycles. The monoisotopic (exact) mass is 1160 g/mol. The Morgan fingerprint density at radius 2 is 0.819 bits per heavy atom. The van der Waals surface area contributed by atoms with Gasteiger partial charge in [-0.25, -0.2) is 8.78 Å². The fourth-order valence-electron chi connectivity index (χ4n) is 9.85. The van der Waals surface area contributed by atoms with Crippen molar-refractivity contribution >= 4 is 72.9 Å². The number of benzene rings is 6. The third-order valence-electron chi connectivity index (χ3n) is 13.2. The van der Waals surface area contributed by atoms with Gasteiger partial charge in [0.2, 0.25) is 0 Å². The minimum absolute atomic E-state index is 0. The molecule has 0 radical (unpaired) electrons. The predicted molar refractivity (Wildman–Crippen MR) is 315 cm³/mol. The van der Waals surface area contributed by atoms with E-state index in [1.165, 1.54) is 48.5 Å². The maximum absolute atomic E-state index is 14.2. The molecule has 428 valence electrons. The summed E-state index contributed by atoms with van der Waals surface area (Å²) in [5.41, 5.74) is 2.64. The quantitative estimate of drug-likeness (QED) is 0.0314. The fourth-order valence-corrected chi connectivity index (χ4v) is 9.85. The standard InChI is InChI=1S/2C33H35FN2O5.Ca/c2*1-21(2)31-30(33(41)35-25-11-7-4-8-12-25)29(22-9-5-3-6-10-22)32(23-13-15-24(34)16-14-23)36(31)18-17-26(37)19-27(38)20-28(39)40;/h2*3-16,21,26-27,37-38H,17-20H2,1-2H3,(H,35,41)(H,39,40);/q;;+2/p-2/t2*26-,27-;/m11./s1/i2*3D,5D,6D,9D,10D;. The molecular formula is C66H68CaF2N4O10. The number of para-hydroxylation sites is 2. The van der Waals surface area contributed by atoms with Crippen molar-refractivity contribution in [3.63, 3.8) is 0 Å². The third-order valence-corrected chi connectivity index (χ3v) is 13.2. The molecule has 0 fully saturated rings. The van der Waals surface area contributed by atoms with Gasteiger partial charge in [0.1, 0.15) is 11.6 Å². The number of aromatic nitrogens is 2. The minimum Gasteiger partial charge on any atom is -0.550 e. The largest absolute Gasteiger partial charge is 2.00 e. The summed E-state index contributed by atoms with van der Waals surface area (Å²) < 4.78 is 117. The smallest absolute Gasteiger partial charge is 0.550 e. The van der Waals surface area contributed by atoms with Crippen LogP contribution in [0.4, 0.5) is 20.2 Å². The number of carboxylic acid groups (broad SMARTS) is 2. The molecule has 17 heteroatoms. The Morgan fingerprint density at radius 1 is 0.494 bits per heavy atom. The molecule has 6 aromatic carbocycles.